The molecule has 180 valence electrons. The molecule has 3 aromatic carbocycles. The molecule has 3 aromatic rings. The predicted octanol–water partition coefficient (Wildman–Crippen LogP) is 6.85. The second-order valence-corrected chi connectivity index (χ2v) is 9.95. The number of allylic oxidation sites excluding steroid dienone is 1. The van der Waals surface area contributed by atoms with E-state index in [9.17, 15) is 4.79 Å². The minimum atomic E-state index is -0.320. The lowest BCUT2D eigenvalue weighted by molar-refractivity contribution is 0.0600. The number of methoxy groups -OCH3 is 1. The summed E-state index contributed by atoms with van der Waals surface area (Å²) < 4.78 is 4.97. The van der Waals surface area contributed by atoms with E-state index in [1.807, 2.05) is 30.3 Å². The van der Waals surface area contributed by atoms with E-state index in [0.29, 0.717) is 21.7 Å². The second kappa shape index (κ2) is 10.4. The normalized spacial score (nSPS) is 17.6. The molecule has 4 nitrogen and oxygen atoms in total. The van der Waals surface area contributed by atoms with E-state index >= 15 is 0 Å². The average molecular weight is 507 g/mol. The van der Waals surface area contributed by atoms with Crippen LogP contribution >= 0.6 is 23.2 Å². The number of benzene rings is 3. The first-order chi connectivity index (χ1) is 17.0. The number of esters is 1. The molecule has 1 atom stereocenters. The van der Waals surface area contributed by atoms with Crippen molar-refractivity contribution >= 4 is 46.0 Å². The molecule has 6 heteroatoms. The molecular weight excluding hydrogens is 479 g/mol. The first-order valence-electron chi connectivity index (χ1n) is 12.0. The van der Waals surface area contributed by atoms with E-state index in [-0.39, 0.29) is 5.97 Å². The fraction of sp³-hybridized carbons (Fsp3) is 0.276. The van der Waals surface area contributed by atoms with Crippen molar-refractivity contribution in [1.29, 1.82) is 0 Å². The van der Waals surface area contributed by atoms with Crippen molar-refractivity contribution in [3.05, 3.63) is 98.5 Å². The fourth-order valence-corrected chi connectivity index (χ4v) is 5.67. The lowest BCUT2D eigenvalue weighted by atomic mass is 9.87. The SMILES string of the molecule is COC(=O)c1ccc2c(c1)CCCC(c1ccc(Cl)cc1Cl)=C2c1cccc(N[C@@H]2CCNC2)c1. The summed E-state index contributed by atoms with van der Waals surface area (Å²) in [7, 11) is 1.42. The van der Waals surface area contributed by atoms with Crippen molar-refractivity contribution in [1.82, 2.24) is 5.32 Å². The van der Waals surface area contributed by atoms with Crippen LogP contribution in [0.4, 0.5) is 5.69 Å². The van der Waals surface area contributed by atoms with Crippen LogP contribution in [0.2, 0.25) is 10.0 Å². The van der Waals surface area contributed by atoms with Crippen molar-refractivity contribution in [2.24, 2.45) is 0 Å². The molecule has 35 heavy (non-hydrogen) atoms. The van der Waals surface area contributed by atoms with Gasteiger partial charge < -0.3 is 15.4 Å². The van der Waals surface area contributed by atoms with Crippen molar-refractivity contribution in [3.63, 3.8) is 0 Å². The van der Waals surface area contributed by atoms with Crippen LogP contribution < -0.4 is 10.6 Å². The fourth-order valence-electron chi connectivity index (χ4n) is 5.14. The summed E-state index contributed by atoms with van der Waals surface area (Å²) in [5.74, 6) is -0.320. The molecule has 0 amide bonds. The lowest BCUT2D eigenvalue weighted by Gasteiger charge is -2.20. The zero-order valence-electron chi connectivity index (χ0n) is 19.7. The molecule has 5 rings (SSSR count). The number of carbonyl (C=O) groups is 1. The maximum Gasteiger partial charge on any atom is 0.337 e. The Morgan fingerprint density at radius 1 is 1.03 bits per heavy atom. The number of anilines is 1. The van der Waals surface area contributed by atoms with Gasteiger partial charge in [0.05, 0.1) is 12.7 Å². The van der Waals surface area contributed by atoms with Gasteiger partial charge in [0.25, 0.3) is 0 Å². The maximum atomic E-state index is 12.2. The van der Waals surface area contributed by atoms with E-state index in [2.05, 4.69) is 34.9 Å². The lowest BCUT2D eigenvalue weighted by Crippen LogP contribution is -2.22. The highest BCUT2D eigenvalue weighted by Gasteiger charge is 2.23. The van der Waals surface area contributed by atoms with Gasteiger partial charge in [-0.2, -0.15) is 0 Å². The topological polar surface area (TPSA) is 50.4 Å². The number of ether oxygens (including phenoxy) is 1. The predicted molar refractivity (Wildman–Crippen MR) is 144 cm³/mol. The molecule has 2 aliphatic rings. The Balaban J connectivity index is 1.68. The number of nitrogens with one attached hydrogen (secondary N) is 2. The third-order valence-corrected chi connectivity index (χ3v) is 7.36. The summed E-state index contributed by atoms with van der Waals surface area (Å²) in [6.07, 6.45) is 3.78. The number of rotatable bonds is 5. The Kier molecular flexibility index (Phi) is 7.14. The largest absolute Gasteiger partial charge is 0.465 e. The minimum absolute atomic E-state index is 0.320. The molecule has 0 radical (unpaired) electrons. The Morgan fingerprint density at radius 2 is 1.89 bits per heavy atom. The van der Waals surface area contributed by atoms with Gasteiger partial charge in [-0.25, -0.2) is 4.79 Å². The Bertz CT molecular complexity index is 1300. The highest BCUT2D eigenvalue weighted by atomic mass is 35.5. The van der Waals surface area contributed by atoms with Crippen LogP contribution in [0.3, 0.4) is 0 Å². The van der Waals surface area contributed by atoms with Gasteiger partial charge in [0, 0.05) is 28.3 Å². The molecule has 1 saturated heterocycles. The number of fused-ring (bicyclic) bond motifs is 1. The molecule has 0 spiro atoms. The van der Waals surface area contributed by atoms with Gasteiger partial charge in [0.15, 0.2) is 0 Å². The number of hydrogen-bond donors (Lipinski definition) is 2. The van der Waals surface area contributed by atoms with Crippen molar-refractivity contribution < 1.29 is 9.53 Å². The summed E-state index contributed by atoms with van der Waals surface area (Å²) in [5.41, 5.74) is 8.38. The molecule has 1 heterocycles. The monoisotopic (exact) mass is 506 g/mol. The number of carbonyl (C=O) groups excluding carboxylic acids is 1. The molecule has 2 N–H and O–H groups in total. The van der Waals surface area contributed by atoms with Gasteiger partial charge in [-0.1, -0.05) is 47.5 Å². The van der Waals surface area contributed by atoms with Crippen LogP contribution in [0.15, 0.2) is 60.7 Å². The number of halogens is 2. The van der Waals surface area contributed by atoms with Gasteiger partial charge in [0.1, 0.15) is 0 Å². The average Bonchev–Trinajstić information content (AvgIpc) is 3.29. The van der Waals surface area contributed by atoms with E-state index in [4.69, 9.17) is 27.9 Å². The van der Waals surface area contributed by atoms with Crippen molar-refractivity contribution in [2.75, 3.05) is 25.5 Å². The third-order valence-electron chi connectivity index (χ3n) is 6.81. The van der Waals surface area contributed by atoms with Crippen molar-refractivity contribution in [2.45, 2.75) is 31.7 Å². The van der Waals surface area contributed by atoms with E-state index in [0.717, 1.165) is 72.3 Å². The number of aryl methyl sites for hydroxylation is 1. The summed E-state index contributed by atoms with van der Waals surface area (Å²) >= 11 is 13.0. The Hall–Kier alpha value is -2.79. The first kappa shape index (κ1) is 23.9. The molecule has 0 unspecified atom stereocenters. The van der Waals surface area contributed by atoms with Gasteiger partial charge in [-0.3, -0.25) is 0 Å². The van der Waals surface area contributed by atoms with Crippen LogP contribution in [-0.4, -0.2) is 32.2 Å². The first-order valence-corrected chi connectivity index (χ1v) is 12.8. The second-order valence-electron chi connectivity index (χ2n) is 9.11. The molecule has 0 saturated carbocycles. The third kappa shape index (κ3) is 5.11. The van der Waals surface area contributed by atoms with Gasteiger partial charge in [-0.15, -0.1) is 0 Å². The highest BCUT2D eigenvalue weighted by molar-refractivity contribution is 6.36. The van der Waals surface area contributed by atoms with Crippen LogP contribution in [-0.2, 0) is 11.2 Å². The van der Waals surface area contributed by atoms with E-state index in [1.54, 1.807) is 6.07 Å². The Labute approximate surface area is 216 Å². The highest BCUT2D eigenvalue weighted by Crippen LogP contribution is 2.43. The van der Waals surface area contributed by atoms with Gasteiger partial charge in [0.2, 0.25) is 0 Å². The zero-order chi connectivity index (χ0) is 24.4. The maximum absolute atomic E-state index is 12.2. The molecule has 0 aromatic heterocycles. The quantitative estimate of drug-likeness (QED) is 0.371. The molecule has 1 aliphatic carbocycles. The summed E-state index contributed by atoms with van der Waals surface area (Å²) in [6.45, 7) is 2.01. The van der Waals surface area contributed by atoms with E-state index < -0.39 is 0 Å². The number of hydrogen-bond acceptors (Lipinski definition) is 4. The smallest absolute Gasteiger partial charge is 0.337 e. The zero-order valence-corrected chi connectivity index (χ0v) is 21.2. The molecular formula is C29H28Cl2N2O2. The molecule has 1 aliphatic heterocycles. The van der Waals surface area contributed by atoms with Gasteiger partial charge in [-0.05, 0) is 102 Å². The van der Waals surface area contributed by atoms with Crippen LogP contribution in [0, 0.1) is 0 Å². The van der Waals surface area contributed by atoms with Crippen molar-refractivity contribution in [3.8, 4) is 0 Å². The van der Waals surface area contributed by atoms with E-state index in [1.165, 1.54) is 12.7 Å². The van der Waals surface area contributed by atoms with Crippen LogP contribution in [0.1, 0.15) is 51.9 Å². The summed E-state index contributed by atoms with van der Waals surface area (Å²) in [6, 6.07) is 20.6. The molecule has 0 bridgehead atoms. The Morgan fingerprint density at radius 3 is 2.66 bits per heavy atom. The van der Waals surface area contributed by atoms with Crippen LogP contribution in [0.5, 0.6) is 0 Å². The standard InChI is InChI=1S/C29H28Cl2N2O2/c1-35-29(34)20-8-10-24-18(14-20)4-3-7-26(25-11-9-21(30)16-27(25)31)28(24)19-5-2-6-22(15-19)33-23-12-13-32-17-23/h2,5-6,8-11,14-16,23,32-33H,3-4,7,12-13,17H2,1H3/t23-/m1/s1. The molecule has 1 fully saturated rings. The van der Waals surface area contributed by atoms with Gasteiger partial charge >= 0.3 is 5.97 Å². The summed E-state index contributed by atoms with van der Waals surface area (Å²) in [5, 5.41) is 8.35. The summed E-state index contributed by atoms with van der Waals surface area (Å²) in [4.78, 5) is 12.2. The van der Waals surface area contributed by atoms with Crippen LogP contribution in [0.25, 0.3) is 11.1 Å². The minimum Gasteiger partial charge on any atom is -0.465 e.